The van der Waals surface area contributed by atoms with E-state index in [0.717, 1.165) is 12.0 Å². The Balaban J connectivity index is 2.16. The molecule has 88 valence electrons. The van der Waals surface area contributed by atoms with Gasteiger partial charge >= 0.3 is 0 Å². The molecule has 1 aliphatic rings. The standard InChI is InChI=1S/C11H16N2O2S/c1-12-8-5-9-13(16(12,14)15)10-11-6-3-2-4-7-11/h2-4,6-7H,5,8-10H2,1H3. The summed E-state index contributed by atoms with van der Waals surface area (Å²) < 4.78 is 26.9. The summed E-state index contributed by atoms with van der Waals surface area (Å²) in [6, 6.07) is 9.68. The first-order valence-electron chi connectivity index (χ1n) is 5.36. The first kappa shape index (κ1) is 11.6. The van der Waals surface area contributed by atoms with E-state index in [2.05, 4.69) is 0 Å². The van der Waals surface area contributed by atoms with Gasteiger partial charge in [0.1, 0.15) is 0 Å². The quantitative estimate of drug-likeness (QED) is 0.776. The van der Waals surface area contributed by atoms with Crippen LogP contribution in [-0.4, -0.2) is 37.2 Å². The third-order valence-electron chi connectivity index (χ3n) is 2.80. The van der Waals surface area contributed by atoms with Gasteiger partial charge < -0.3 is 0 Å². The summed E-state index contributed by atoms with van der Waals surface area (Å²) in [5.74, 6) is 0. The molecule has 1 aromatic rings. The van der Waals surface area contributed by atoms with Gasteiger partial charge in [-0.05, 0) is 12.0 Å². The predicted molar refractivity (Wildman–Crippen MR) is 63.0 cm³/mol. The van der Waals surface area contributed by atoms with Crippen molar-refractivity contribution in [2.75, 3.05) is 20.1 Å². The highest BCUT2D eigenvalue weighted by Crippen LogP contribution is 2.17. The van der Waals surface area contributed by atoms with E-state index in [9.17, 15) is 8.42 Å². The van der Waals surface area contributed by atoms with Crippen LogP contribution in [0.1, 0.15) is 12.0 Å². The molecule has 0 N–H and O–H groups in total. The maximum atomic E-state index is 12.0. The number of hydrogen-bond acceptors (Lipinski definition) is 2. The Morgan fingerprint density at radius 3 is 2.56 bits per heavy atom. The van der Waals surface area contributed by atoms with Crippen LogP contribution in [-0.2, 0) is 16.8 Å². The summed E-state index contributed by atoms with van der Waals surface area (Å²) in [4.78, 5) is 0. The Morgan fingerprint density at radius 2 is 1.88 bits per heavy atom. The Morgan fingerprint density at radius 1 is 1.19 bits per heavy atom. The lowest BCUT2D eigenvalue weighted by Gasteiger charge is -2.32. The van der Waals surface area contributed by atoms with Crippen LogP contribution in [0.5, 0.6) is 0 Å². The van der Waals surface area contributed by atoms with Gasteiger partial charge in [-0.3, -0.25) is 0 Å². The van der Waals surface area contributed by atoms with Crippen molar-refractivity contribution in [2.24, 2.45) is 0 Å². The van der Waals surface area contributed by atoms with Gasteiger partial charge in [-0.25, -0.2) is 0 Å². The second-order valence-electron chi connectivity index (χ2n) is 4.00. The van der Waals surface area contributed by atoms with Gasteiger partial charge in [-0.2, -0.15) is 17.0 Å². The third kappa shape index (κ3) is 2.26. The van der Waals surface area contributed by atoms with E-state index in [-0.39, 0.29) is 0 Å². The van der Waals surface area contributed by atoms with Crippen LogP contribution < -0.4 is 0 Å². The van der Waals surface area contributed by atoms with Gasteiger partial charge in [0.25, 0.3) is 10.2 Å². The lowest BCUT2D eigenvalue weighted by atomic mass is 10.2. The van der Waals surface area contributed by atoms with E-state index < -0.39 is 10.2 Å². The van der Waals surface area contributed by atoms with Gasteiger partial charge in [0.05, 0.1) is 0 Å². The first-order chi connectivity index (χ1) is 7.60. The van der Waals surface area contributed by atoms with E-state index in [0.29, 0.717) is 19.6 Å². The molecule has 1 aromatic carbocycles. The topological polar surface area (TPSA) is 40.6 Å². The van der Waals surface area contributed by atoms with Crippen LogP contribution in [0.15, 0.2) is 30.3 Å². The number of hydrogen-bond donors (Lipinski definition) is 0. The van der Waals surface area contributed by atoms with Crippen LogP contribution in [0.4, 0.5) is 0 Å². The van der Waals surface area contributed by atoms with Crippen molar-refractivity contribution >= 4 is 10.2 Å². The molecule has 5 heteroatoms. The van der Waals surface area contributed by atoms with Crippen molar-refractivity contribution in [2.45, 2.75) is 13.0 Å². The van der Waals surface area contributed by atoms with Crippen LogP contribution >= 0.6 is 0 Å². The second kappa shape index (κ2) is 4.53. The highest BCUT2D eigenvalue weighted by atomic mass is 32.2. The minimum Gasteiger partial charge on any atom is -0.195 e. The minimum atomic E-state index is -3.23. The predicted octanol–water partition coefficient (Wildman–Crippen LogP) is 1.07. The molecule has 0 unspecified atom stereocenters. The molecule has 0 bridgehead atoms. The number of benzene rings is 1. The molecule has 1 heterocycles. The van der Waals surface area contributed by atoms with Gasteiger partial charge in [0, 0.05) is 26.7 Å². The SMILES string of the molecule is CN1CCCN(Cc2ccccc2)S1(=O)=O. The smallest absolute Gasteiger partial charge is 0.195 e. The summed E-state index contributed by atoms with van der Waals surface area (Å²) in [6.45, 7) is 1.70. The van der Waals surface area contributed by atoms with Gasteiger partial charge in [-0.15, -0.1) is 0 Å². The molecular formula is C11H16N2O2S. The highest BCUT2D eigenvalue weighted by Gasteiger charge is 2.30. The summed E-state index contributed by atoms with van der Waals surface area (Å²) in [7, 11) is -1.60. The zero-order chi connectivity index (χ0) is 11.6. The summed E-state index contributed by atoms with van der Waals surface area (Å²) >= 11 is 0. The molecule has 1 saturated heterocycles. The fourth-order valence-electron chi connectivity index (χ4n) is 1.85. The molecule has 0 radical (unpaired) electrons. The lowest BCUT2D eigenvalue weighted by molar-refractivity contribution is 0.303. The van der Waals surface area contributed by atoms with Crippen LogP contribution in [0.25, 0.3) is 0 Å². The van der Waals surface area contributed by atoms with E-state index in [1.807, 2.05) is 30.3 Å². The van der Waals surface area contributed by atoms with Gasteiger partial charge in [-0.1, -0.05) is 30.3 Å². The molecule has 0 amide bonds. The lowest BCUT2D eigenvalue weighted by Crippen LogP contribution is -2.47. The summed E-state index contributed by atoms with van der Waals surface area (Å²) in [5.41, 5.74) is 1.03. The van der Waals surface area contributed by atoms with Gasteiger partial charge in [0.2, 0.25) is 0 Å². The van der Waals surface area contributed by atoms with Crippen molar-refractivity contribution < 1.29 is 8.42 Å². The molecule has 0 aliphatic carbocycles. The van der Waals surface area contributed by atoms with Crippen molar-refractivity contribution in [3.05, 3.63) is 35.9 Å². The largest absolute Gasteiger partial charge is 0.282 e. The fraction of sp³-hybridized carbons (Fsp3) is 0.455. The second-order valence-corrected chi connectivity index (χ2v) is 6.04. The molecule has 0 atom stereocenters. The first-order valence-corrected chi connectivity index (χ1v) is 6.76. The molecular weight excluding hydrogens is 224 g/mol. The zero-order valence-electron chi connectivity index (χ0n) is 9.33. The maximum absolute atomic E-state index is 12.0. The monoisotopic (exact) mass is 240 g/mol. The molecule has 0 aromatic heterocycles. The van der Waals surface area contributed by atoms with Crippen LogP contribution in [0, 0.1) is 0 Å². The number of nitrogens with zero attached hydrogens (tertiary/aromatic N) is 2. The highest BCUT2D eigenvalue weighted by molar-refractivity contribution is 7.86. The average molecular weight is 240 g/mol. The van der Waals surface area contributed by atoms with Crippen molar-refractivity contribution in [3.8, 4) is 0 Å². The third-order valence-corrected chi connectivity index (χ3v) is 4.74. The van der Waals surface area contributed by atoms with E-state index in [4.69, 9.17) is 0 Å². The molecule has 1 aliphatic heterocycles. The van der Waals surface area contributed by atoms with Crippen LogP contribution in [0.3, 0.4) is 0 Å². The van der Waals surface area contributed by atoms with E-state index in [1.54, 1.807) is 7.05 Å². The zero-order valence-corrected chi connectivity index (χ0v) is 10.2. The summed E-state index contributed by atoms with van der Waals surface area (Å²) in [5, 5.41) is 0. The Kier molecular flexibility index (Phi) is 3.28. The Labute approximate surface area is 96.7 Å². The maximum Gasteiger partial charge on any atom is 0.282 e. The Hall–Kier alpha value is -0.910. The van der Waals surface area contributed by atoms with Crippen molar-refractivity contribution in [1.29, 1.82) is 0 Å². The molecule has 0 saturated carbocycles. The van der Waals surface area contributed by atoms with Crippen LogP contribution in [0.2, 0.25) is 0 Å². The molecule has 1 fully saturated rings. The normalized spacial score (nSPS) is 22.1. The van der Waals surface area contributed by atoms with Gasteiger partial charge in [0.15, 0.2) is 0 Å². The molecule has 2 rings (SSSR count). The molecule has 0 spiro atoms. The van der Waals surface area contributed by atoms with Crippen molar-refractivity contribution in [1.82, 2.24) is 8.61 Å². The van der Waals surface area contributed by atoms with E-state index >= 15 is 0 Å². The van der Waals surface area contributed by atoms with E-state index in [1.165, 1.54) is 8.61 Å². The summed E-state index contributed by atoms with van der Waals surface area (Å²) in [6.07, 6.45) is 0.891. The average Bonchev–Trinajstić information content (AvgIpc) is 2.27. The van der Waals surface area contributed by atoms with Crippen molar-refractivity contribution in [3.63, 3.8) is 0 Å². The Bertz CT molecular complexity index is 444. The molecule has 4 nitrogen and oxygen atoms in total. The minimum absolute atomic E-state index is 0.466. The number of rotatable bonds is 2. The molecule has 16 heavy (non-hydrogen) atoms. The fourth-order valence-corrected chi connectivity index (χ4v) is 3.27.